The summed E-state index contributed by atoms with van der Waals surface area (Å²) >= 11 is 3.31. The maximum Gasteiger partial charge on any atom is 0.361 e. The molecule has 0 N–H and O–H groups in total. The second-order valence-electron chi connectivity index (χ2n) is 7.17. The standard InChI is InChI=1S/C19H22BrN3O3/c1-10-7-12(11(2)20)15-13(8-10)17(24)22(6)16-14(21-9-23(15)16)18(25)26-19(3,4)5/h7-9,11H,1-6H3/i6D3,11D. The predicted octanol–water partition coefficient (Wildman–Crippen LogP) is 3.91. The Morgan fingerprint density at radius 3 is 2.69 bits per heavy atom. The number of ether oxygens (including phenoxy) is 1. The first-order chi connectivity index (χ1) is 13.5. The van der Waals surface area contributed by atoms with E-state index in [9.17, 15) is 9.59 Å². The molecule has 0 amide bonds. The Balaban J connectivity index is 2.58. The predicted molar refractivity (Wildman–Crippen MR) is 105 cm³/mol. The number of alkyl halides is 1. The van der Waals surface area contributed by atoms with Gasteiger partial charge in [-0.05, 0) is 51.8 Å². The highest BCUT2D eigenvalue weighted by molar-refractivity contribution is 9.09. The summed E-state index contributed by atoms with van der Waals surface area (Å²) < 4.78 is 39.5. The number of halogens is 1. The van der Waals surface area contributed by atoms with Gasteiger partial charge in [0.25, 0.3) is 5.56 Å². The van der Waals surface area contributed by atoms with Crippen LogP contribution in [-0.4, -0.2) is 25.5 Å². The summed E-state index contributed by atoms with van der Waals surface area (Å²) in [4.78, 5) is 28.9. The fraction of sp³-hybridized carbons (Fsp3) is 0.421. The van der Waals surface area contributed by atoms with Crippen molar-refractivity contribution in [1.82, 2.24) is 14.0 Å². The van der Waals surface area contributed by atoms with E-state index >= 15 is 0 Å². The molecule has 0 aliphatic carbocycles. The molecular formula is C19H22BrN3O3. The first kappa shape index (κ1) is 14.0. The molecule has 0 bridgehead atoms. The summed E-state index contributed by atoms with van der Waals surface area (Å²) in [5, 5.41) is 0.111. The van der Waals surface area contributed by atoms with Crippen LogP contribution in [0.15, 0.2) is 23.3 Å². The molecule has 2 aromatic heterocycles. The number of hydrogen-bond donors (Lipinski definition) is 0. The van der Waals surface area contributed by atoms with Gasteiger partial charge in [-0.25, -0.2) is 9.78 Å². The molecule has 1 unspecified atom stereocenters. The summed E-state index contributed by atoms with van der Waals surface area (Å²) in [6.07, 6.45) is 1.27. The number of benzene rings is 1. The van der Waals surface area contributed by atoms with Gasteiger partial charge in [-0.1, -0.05) is 22.0 Å². The highest BCUT2D eigenvalue weighted by Crippen LogP contribution is 2.30. The minimum absolute atomic E-state index is 0.111. The molecule has 0 radical (unpaired) electrons. The zero-order valence-electron chi connectivity index (χ0n) is 19.2. The minimum atomic E-state index is -2.87. The van der Waals surface area contributed by atoms with E-state index in [1.165, 1.54) is 10.7 Å². The molecule has 3 rings (SSSR count). The molecule has 3 aromatic rings. The SMILES string of the molecule is [2H]C(C)(Br)c1cc(C)cc2c(=O)n(C([2H])([2H])[2H])c3c(C(=O)OC(C)(C)C)ncn3c12. The van der Waals surface area contributed by atoms with Gasteiger partial charge in [0, 0.05) is 17.3 Å². The molecule has 0 saturated carbocycles. The lowest BCUT2D eigenvalue weighted by molar-refractivity contribution is 0.00653. The van der Waals surface area contributed by atoms with Crippen LogP contribution in [0.25, 0.3) is 16.6 Å². The number of hydrogen-bond acceptors (Lipinski definition) is 4. The van der Waals surface area contributed by atoms with Crippen molar-refractivity contribution in [3.63, 3.8) is 0 Å². The van der Waals surface area contributed by atoms with Crippen molar-refractivity contribution in [3.8, 4) is 0 Å². The van der Waals surface area contributed by atoms with Crippen molar-refractivity contribution in [2.75, 3.05) is 0 Å². The van der Waals surface area contributed by atoms with Crippen molar-refractivity contribution < 1.29 is 15.0 Å². The van der Waals surface area contributed by atoms with Crippen LogP contribution in [-0.2, 0) is 11.7 Å². The molecule has 0 spiro atoms. The van der Waals surface area contributed by atoms with E-state index in [4.69, 9.17) is 10.2 Å². The second-order valence-corrected chi connectivity index (χ2v) is 8.36. The normalized spacial score (nSPS) is 17.3. The van der Waals surface area contributed by atoms with Crippen molar-refractivity contribution in [2.24, 2.45) is 6.98 Å². The third-order valence-corrected chi connectivity index (χ3v) is 4.27. The summed E-state index contributed by atoms with van der Waals surface area (Å²) in [7, 11) is 0. The van der Waals surface area contributed by atoms with Gasteiger partial charge in [0.2, 0.25) is 0 Å². The van der Waals surface area contributed by atoms with Crippen molar-refractivity contribution in [3.05, 3.63) is 45.6 Å². The highest BCUT2D eigenvalue weighted by Gasteiger charge is 2.25. The van der Waals surface area contributed by atoms with Gasteiger partial charge in [-0.2, -0.15) is 0 Å². The Morgan fingerprint density at radius 2 is 2.12 bits per heavy atom. The molecule has 138 valence electrons. The highest BCUT2D eigenvalue weighted by atomic mass is 79.9. The minimum Gasteiger partial charge on any atom is -0.455 e. The van der Waals surface area contributed by atoms with Crippen LogP contribution >= 0.6 is 15.9 Å². The largest absolute Gasteiger partial charge is 0.455 e. The van der Waals surface area contributed by atoms with Gasteiger partial charge in [0.15, 0.2) is 11.3 Å². The maximum atomic E-state index is 13.3. The quantitative estimate of drug-likeness (QED) is 0.462. The van der Waals surface area contributed by atoms with E-state index in [2.05, 4.69) is 20.9 Å². The number of imidazole rings is 1. The number of esters is 1. The molecule has 1 atom stereocenters. The van der Waals surface area contributed by atoms with Crippen molar-refractivity contribution in [2.45, 2.75) is 45.0 Å². The Labute approximate surface area is 165 Å². The number of carbonyl (C=O) groups is 1. The topological polar surface area (TPSA) is 65.6 Å². The molecule has 26 heavy (non-hydrogen) atoms. The fourth-order valence-corrected chi connectivity index (χ4v) is 3.17. The number of fused-ring (bicyclic) bond motifs is 3. The summed E-state index contributed by atoms with van der Waals surface area (Å²) in [6.45, 7) is 5.50. The fourth-order valence-electron chi connectivity index (χ4n) is 2.87. The zero-order valence-corrected chi connectivity index (χ0v) is 16.8. The van der Waals surface area contributed by atoms with Gasteiger partial charge in [-0.15, -0.1) is 0 Å². The molecule has 0 saturated heterocycles. The first-order valence-corrected chi connectivity index (χ1v) is 8.81. The Morgan fingerprint density at radius 1 is 1.42 bits per heavy atom. The monoisotopic (exact) mass is 423 g/mol. The lowest BCUT2D eigenvalue weighted by atomic mass is 10.0. The van der Waals surface area contributed by atoms with Crippen molar-refractivity contribution in [1.29, 1.82) is 0 Å². The summed E-state index contributed by atoms with van der Waals surface area (Å²) in [5.74, 6) is -0.845. The van der Waals surface area contributed by atoms with Crippen LogP contribution < -0.4 is 5.56 Å². The van der Waals surface area contributed by atoms with E-state index in [1.807, 2.05) is 0 Å². The van der Waals surface area contributed by atoms with E-state index in [-0.39, 0.29) is 16.7 Å². The second kappa shape index (κ2) is 6.23. The van der Waals surface area contributed by atoms with Gasteiger partial charge >= 0.3 is 5.97 Å². The van der Waals surface area contributed by atoms with E-state index in [0.29, 0.717) is 21.2 Å². The van der Waals surface area contributed by atoms with Crippen LogP contribution in [0.3, 0.4) is 0 Å². The molecule has 0 fully saturated rings. The van der Waals surface area contributed by atoms with Crippen LogP contribution in [0.1, 0.15) is 59.6 Å². The average Bonchev–Trinajstić information content (AvgIpc) is 2.95. The lowest BCUT2D eigenvalue weighted by Gasteiger charge is -2.19. The Kier molecular flexibility index (Phi) is 3.35. The first-order valence-electron chi connectivity index (χ1n) is 10.0. The van der Waals surface area contributed by atoms with Gasteiger partial charge in [0.1, 0.15) is 11.9 Å². The van der Waals surface area contributed by atoms with Crippen LogP contribution in [0.5, 0.6) is 0 Å². The summed E-state index contributed by atoms with van der Waals surface area (Å²) in [5.41, 5.74) is -0.701. The Bertz CT molecular complexity index is 1230. The third-order valence-electron chi connectivity index (χ3n) is 3.85. The molecular weight excluding hydrogens is 398 g/mol. The molecule has 0 aliphatic heterocycles. The number of aryl methyl sites for hydroxylation is 2. The van der Waals surface area contributed by atoms with E-state index in [0.717, 1.165) is 0 Å². The van der Waals surface area contributed by atoms with Gasteiger partial charge in [-0.3, -0.25) is 13.8 Å². The van der Waals surface area contributed by atoms with Gasteiger partial charge in [0.05, 0.1) is 10.9 Å². The van der Waals surface area contributed by atoms with Gasteiger partial charge < -0.3 is 4.74 Å². The third kappa shape index (κ3) is 3.05. The Hall–Kier alpha value is -2.15. The zero-order chi connectivity index (χ0) is 22.8. The van der Waals surface area contributed by atoms with Crippen LogP contribution in [0, 0.1) is 6.92 Å². The number of nitrogens with zero attached hydrogens (tertiary/aromatic N) is 3. The van der Waals surface area contributed by atoms with E-state index < -0.39 is 28.9 Å². The van der Waals surface area contributed by atoms with Crippen LogP contribution in [0.2, 0.25) is 0 Å². The lowest BCUT2D eigenvalue weighted by Crippen LogP contribution is -2.26. The molecule has 7 heteroatoms. The molecule has 0 aliphatic rings. The number of rotatable bonds is 2. The smallest absolute Gasteiger partial charge is 0.361 e. The number of carbonyl (C=O) groups excluding carboxylic acids is 1. The summed E-state index contributed by atoms with van der Waals surface area (Å²) in [6, 6.07) is 3.30. The van der Waals surface area contributed by atoms with Crippen molar-refractivity contribution >= 4 is 38.4 Å². The van der Waals surface area contributed by atoms with Crippen LogP contribution in [0.4, 0.5) is 0 Å². The molecule has 1 aromatic carbocycles. The maximum absolute atomic E-state index is 13.3. The average molecular weight is 424 g/mol. The molecule has 6 nitrogen and oxygen atoms in total. The van der Waals surface area contributed by atoms with E-state index in [1.54, 1.807) is 46.8 Å². The molecule has 2 heterocycles. The number of aromatic nitrogens is 3.